The summed E-state index contributed by atoms with van der Waals surface area (Å²) in [4.78, 5) is -0.688. The van der Waals surface area contributed by atoms with Crippen molar-refractivity contribution >= 4 is 10.0 Å². The standard InChI is InChI=1S/C16H15F4NO4S/c1-24-14-6-3-10(7-15(14)25-2)9-21-26(22,23)11-4-5-13(17)12(8-11)16(18,19)20/h3-8,21H,9H2,1-2H3. The molecule has 0 saturated carbocycles. The molecule has 0 atom stereocenters. The lowest BCUT2D eigenvalue weighted by molar-refractivity contribution is -0.140. The summed E-state index contributed by atoms with van der Waals surface area (Å²) in [6.45, 7) is -0.207. The van der Waals surface area contributed by atoms with Crippen molar-refractivity contribution in [1.82, 2.24) is 4.72 Å². The number of methoxy groups -OCH3 is 2. The molecule has 26 heavy (non-hydrogen) atoms. The second kappa shape index (κ2) is 7.50. The predicted octanol–water partition coefficient (Wildman–Crippen LogP) is 3.34. The SMILES string of the molecule is COc1ccc(CNS(=O)(=O)c2ccc(F)c(C(F)(F)F)c2)cc1OC. The Kier molecular flexibility index (Phi) is 5.77. The average Bonchev–Trinajstić information content (AvgIpc) is 2.58. The van der Waals surface area contributed by atoms with E-state index in [-0.39, 0.29) is 12.6 Å². The van der Waals surface area contributed by atoms with E-state index in [1.165, 1.54) is 20.3 Å². The predicted molar refractivity (Wildman–Crippen MR) is 85.0 cm³/mol. The molecule has 0 aliphatic rings. The van der Waals surface area contributed by atoms with Gasteiger partial charge < -0.3 is 9.47 Å². The van der Waals surface area contributed by atoms with Gasteiger partial charge in [-0.2, -0.15) is 13.2 Å². The van der Waals surface area contributed by atoms with E-state index in [9.17, 15) is 26.0 Å². The molecule has 10 heteroatoms. The minimum atomic E-state index is -5.00. The Bertz CT molecular complexity index is 898. The summed E-state index contributed by atoms with van der Waals surface area (Å²) in [5, 5.41) is 0. The van der Waals surface area contributed by atoms with Crippen molar-refractivity contribution in [1.29, 1.82) is 0 Å². The van der Waals surface area contributed by atoms with Crippen molar-refractivity contribution in [3.8, 4) is 11.5 Å². The molecule has 0 heterocycles. The lowest BCUT2D eigenvalue weighted by atomic mass is 10.2. The maximum absolute atomic E-state index is 13.3. The Morgan fingerprint density at radius 3 is 2.23 bits per heavy atom. The van der Waals surface area contributed by atoms with Crippen LogP contribution in [-0.4, -0.2) is 22.6 Å². The number of halogens is 4. The van der Waals surface area contributed by atoms with E-state index in [2.05, 4.69) is 4.72 Å². The van der Waals surface area contributed by atoms with Crippen LogP contribution in [-0.2, 0) is 22.7 Å². The monoisotopic (exact) mass is 393 g/mol. The van der Waals surface area contributed by atoms with E-state index >= 15 is 0 Å². The van der Waals surface area contributed by atoms with Crippen LogP contribution in [0.2, 0.25) is 0 Å². The number of ether oxygens (including phenoxy) is 2. The summed E-state index contributed by atoms with van der Waals surface area (Å²) in [5.74, 6) is -0.742. The Labute approximate surface area is 147 Å². The van der Waals surface area contributed by atoms with Crippen LogP contribution in [0, 0.1) is 5.82 Å². The molecule has 0 amide bonds. The van der Waals surface area contributed by atoms with Gasteiger partial charge in [-0.05, 0) is 35.9 Å². The molecule has 0 aliphatic heterocycles. The highest BCUT2D eigenvalue weighted by Crippen LogP contribution is 2.33. The van der Waals surface area contributed by atoms with Crippen LogP contribution >= 0.6 is 0 Å². The minimum Gasteiger partial charge on any atom is -0.493 e. The number of nitrogens with one attached hydrogen (secondary N) is 1. The molecule has 5 nitrogen and oxygen atoms in total. The lowest BCUT2D eigenvalue weighted by Crippen LogP contribution is -2.24. The number of rotatable bonds is 6. The molecule has 2 aromatic carbocycles. The Morgan fingerprint density at radius 1 is 1.00 bits per heavy atom. The fourth-order valence-corrected chi connectivity index (χ4v) is 3.18. The van der Waals surface area contributed by atoms with Crippen LogP contribution < -0.4 is 14.2 Å². The minimum absolute atomic E-state index is 0.207. The van der Waals surface area contributed by atoms with Gasteiger partial charge in [0.05, 0.1) is 24.7 Å². The van der Waals surface area contributed by atoms with E-state index in [0.29, 0.717) is 23.1 Å². The molecule has 0 fully saturated rings. The molecule has 0 unspecified atom stereocenters. The first-order valence-corrected chi connectivity index (χ1v) is 8.64. The molecule has 0 aliphatic carbocycles. The normalized spacial score (nSPS) is 12.1. The topological polar surface area (TPSA) is 64.6 Å². The van der Waals surface area contributed by atoms with Gasteiger partial charge in [-0.1, -0.05) is 6.07 Å². The fraction of sp³-hybridized carbons (Fsp3) is 0.250. The van der Waals surface area contributed by atoms with Crippen molar-refractivity contribution in [2.24, 2.45) is 0 Å². The number of hydrogen-bond acceptors (Lipinski definition) is 4. The van der Waals surface area contributed by atoms with Crippen molar-refractivity contribution in [3.05, 3.63) is 53.3 Å². The largest absolute Gasteiger partial charge is 0.493 e. The lowest BCUT2D eigenvalue weighted by Gasteiger charge is -2.12. The Hall–Kier alpha value is -2.33. The van der Waals surface area contributed by atoms with Crippen molar-refractivity contribution in [2.75, 3.05) is 14.2 Å². The molecular weight excluding hydrogens is 378 g/mol. The maximum Gasteiger partial charge on any atom is 0.419 e. The summed E-state index contributed by atoms with van der Waals surface area (Å²) in [6, 6.07) is 6.13. The number of sulfonamides is 1. The third-order valence-electron chi connectivity index (χ3n) is 3.47. The Morgan fingerprint density at radius 2 is 1.65 bits per heavy atom. The van der Waals surface area contributed by atoms with Crippen molar-refractivity contribution in [2.45, 2.75) is 17.6 Å². The first-order valence-electron chi connectivity index (χ1n) is 7.16. The Balaban J connectivity index is 2.25. The highest BCUT2D eigenvalue weighted by molar-refractivity contribution is 7.89. The smallest absolute Gasteiger partial charge is 0.419 e. The second-order valence-electron chi connectivity index (χ2n) is 5.15. The van der Waals surface area contributed by atoms with Crippen molar-refractivity contribution < 1.29 is 35.5 Å². The van der Waals surface area contributed by atoms with Crippen LogP contribution in [0.1, 0.15) is 11.1 Å². The summed E-state index contributed by atoms with van der Waals surface area (Å²) < 4.78 is 88.3. The highest BCUT2D eigenvalue weighted by Gasteiger charge is 2.35. The summed E-state index contributed by atoms with van der Waals surface area (Å²) >= 11 is 0. The zero-order valence-electron chi connectivity index (χ0n) is 13.7. The molecule has 0 bridgehead atoms. The van der Waals surface area contributed by atoms with E-state index in [4.69, 9.17) is 9.47 Å². The van der Waals surface area contributed by atoms with Gasteiger partial charge in [0, 0.05) is 6.54 Å². The first kappa shape index (κ1) is 20.0. The number of benzene rings is 2. The van der Waals surface area contributed by atoms with E-state index in [0.717, 1.165) is 6.07 Å². The molecule has 2 rings (SSSR count). The zero-order chi connectivity index (χ0) is 19.5. The van der Waals surface area contributed by atoms with Crippen LogP contribution in [0.25, 0.3) is 0 Å². The third-order valence-corrected chi connectivity index (χ3v) is 4.87. The fourth-order valence-electron chi connectivity index (χ4n) is 2.14. The first-order chi connectivity index (χ1) is 12.1. The molecular formula is C16H15F4NO4S. The van der Waals surface area contributed by atoms with Gasteiger partial charge in [0.15, 0.2) is 11.5 Å². The van der Waals surface area contributed by atoms with Crippen molar-refractivity contribution in [3.63, 3.8) is 0 Å². The molecule has 142 valence electrons. The zero-order valence-corrected chi connectivity index (χ0v) is 14.5. The number of hydrogen-bond donors (Lipinski definition) is 1. The molecule has 1 N–H and O–H groups in total. The molecule has 0 spiro atoms. The highest BCUT2D eigenvalue weighted by atomic mass is 32.2. The van der Waals surface area contributed by atoms with Gasteiger partial charge in [0.25, 0.3) is 0 Å². The van der Waals surface area contributed by atoms with Gasteiger partial charge in [-0.15, -0.1) is 0 Å². The van der Waals surface area contributed by atoms with E-state index in [1.54, 1.807) is 12.1 Å². The molecule has 2 aromatic rings. The van der Waals surface area contributed by atoms with Gasteiger partial charge in [-0.3, -0.25) is 0 Å². The van der Waals surface area contributed by atoms with Gasteiger partial charge in [-0.25, -0.2) is 17.5 Å². The molecule has 0 radical (unpaired) electrons. The van der Waals surface area contributed by atoms with Crippen LogP contribution in [0.5, 0.6) is 11.5 Å². The van der Waals surface area contributed by atoms with Crippen LogP contribution in [0.15, 0.2) is 41.3 Å². The average molecular weight is 393 g/mol. The van der Waals surface area contributed by atoms with Crippen LogP contribution in [0.4, 0.5) is 17.6 Å². The second-order valence-corrected chi connectivity index (χ2v) is 6.92. The van der Waals surface area contributed by atoms with Gasteiger partial charge >= 0.3 is 6.18 Å². The van der Waals surface area contributed by atoms with Crippen LogP contribution in [0.3, 0.4) is 0 Å². The number of alkyl halides is 3. The third kappa shape index (κ3) is 4.44. The van der Waals surface area contributed by atoms with E-state index < -0.39 is 32.5 Å². The van der Waals surface area contributed by atoms with Gasteiger partial charge in [0.2, 0.25) is 10.0 Å². The molecule has 0 saturated heterocycles. The maximum atomic E-state index is 13.3. The van der Waals surface area contributed by atoms with E-state index in [1.807, 2.05) is 0 Å². The summed E-state index contributed by atoms with van der Waals surface area (Å²) in [6.07, 6.45) is -5.00. The van der Waals surface area contributed by atoms with Gasteiger partial charge in [0.1, 0.15) is 5.82 Å². The summed E-state index contributed by atoms with van der Waals surface area (Å²) in [5.41, 5.74) is -1.16. The quantitative estimate of drug-likeness (QED) is 0.765. The molecule has 0 aromatic heterocycles. The summed E-state index contributed by atoms with van der Waals surface area (Å²) in [7, 11) is -1.44.